The summed E-state index contributed by atoms with van der Waals surface area (Å²) in [6.07, 6.45) is 2.98. The van der Waals surface area contributed by atoms with E-state index in [1.807, 2.05) is 54.6 Å². The second-order valence-corrected chi connectivity index (χ2v) is 8.13. The number of nitrogens with one attached hydrogen (secondary N) is 2. The zero-order valence-corrected chi connectivity index (χ0v) is 16.4. The Bertz CT molecular complexity index is 1100. The lowest BCUT2D eigenvalue weighted by molar-refractivity contribution is 0.0912. The smallest absolute Gasteiger partial charge is 0.269 e. The van der Waals surface area contributed by atoms with Gasteiger partial charge in [0.25, 0.3) is 5.91 Å². The fraction of sp³-hybridized carbons (Fsp3) is 0.292. The Morgan fingerprint density at radius 1 is 1.10 bits per heavy atom. The molecule has 2 bridgehead atoms. The summed E-state index contributed by atoms with van der Waals surface area (Å²) < 4.78 is 6.01. The standard InChI is InChI=1S/C24H22N4O2/c25-14-16-10-15-11-19(16)20(12-15)26-24(29)22-13-21(27-28-22)18-8-4-5-9-23(18)30-17-6-2-1-3-7-17/h1-9,13,15-16,19-20H,10-12H2,(H,26,29)(H,27,28)/t15-,16?,19-,20-/m1/s1. The van der Waals surface area contributed by atoms with Crippen LogP contribution in [0.5, 0.6) is 11.5 Å². The molecule has 0 saturated heterocycles. The number of fused-ring (bicyclic) bond motifs is 2. The van der Waals surface area contributed by atoms with Crippen LogP contribution in [0.1, 0.15) is 29.8 Å². The largest absolute Gasteiger partial charge is 0.457 e. The molecular weight excluding hydrogens is 376 g/mol. The molecule has 4 atom stereocenters. The SMILES string of the molecule is N#CC1C[C@@H]2C[C@H]1[C@H](NC(=O)c1cc(-c3ccccc3Oc3ccccc3)n[nH]1)C2. The fourth-order valence-electron chi connectivity index (χ4n) is 4.87. The van der Waals surface area contributed by atoms with E-state index >= 15 is 0 Å². The summed E-state index contributed by atoms with van der Waals surface area (Å²) in [5, 5.41) is 19.6. The fourth-order valence-corrected chi connectivity index (χ4v) is 4.87. The van der Waals surface area contributed by atoms with Crippen molar-refractivity contribution in [2.75, 3.05) is 0 Å². The lowest BCUT2D eigenvalue weighted by Crippen LogP contribution is -2.41. The molecule has 1 amide bonds. The highest BCUT2D eigenvalue weighted by atomic mass is 16.5. The van der Waals surface area contributed by atoms with Gasteiger partial charge in [0.2, 0.25) is 0 Å². The number of nitrogens with zero attached hydrogens (tertiary/aromatic N) is 2. The van der Waals surface area contributed by atoms with E-state index in [1.54, 1.807) is 6.07 Å². The van der Waals surface area contributed by atoms with Crippen LogP contribution in [-0.2, 0) is 0 Å². The van der Waals surface area contributed by atoms with Crippen LogP contribution in [0.15, 0.2) is 60.7 Å². The maximum absolute atomic E-state index is 12.8. The third-order valence-electron chi connectivity index (χ3n) is 6.25. The molecule has 3 aromatic rings. The van der Waals surface area contributed by atoms with Crippen LogP contribution in [0.4, 0.5) is 0 Å². The van der Waals surface area contributed by atoms with Gasteiger partial charge in [0.1, 0.15) is 17.2 Å². The second-order valence-electron chi connectivity index (χ2n) is 8.13. The van der Waals surface area contributed by atoms with Gasteiger partial charge in [0.05, 0.1) is 17.7 Å². The van der Waals surface area contributed by atoms with Crippen molar-refractivity contribution in [2.45, 2.75) is 25.3 Å². The van der Waals surface area contributed by atoms with Gasteiger partial charge >= 0.3 is 0 Å². The molecular formula is C24H22N4O2. The zero-order valence-electron chi connectivity index (χ0n) is 16.4. The summed E-state index contributed by atoms with van der Waals surface area (Å²) in [7, 11) is 0. The highest BCUT2D eigenvalue weighted by Gasteiger charge is 2.46. The Labute approximate surface area is 174 Å². The minimum atomic E-state index is -0.176. The van der Waals surface area contributed by atoms with Crippen molar-refractivity contribution in [2.24, 2.45) is 17.8 Å². The molecule has 30 heavy (non-hydrogen) atoms. The van der Waals surface area contributed by atoms with Gasteiger partial charge < -0.3 is 10.1 Å². The van der Waals surface area contributed by atoms with E-state index in [2.05, 4.69) is 21.6 Å². The number of carbonyl (C=O) groups is 1. The van der Waals surface area contributed by atoms with Gasteiger partial charge in [-0.3, -0.25) is 9.89 Å². The summed E-state index contributed by atoms with van der Waals surface area (Å²) in [6.45, 7) is 0. The molecule has 0 aliphatic heterocycles. The number of amides is 1. The Balaban J connectivity index is 1.33. The molecule has 1 unspecified atom stereocenters. The van der Waals surface area contributed by atoms with Gasteiger partial charge in [-0.15, -0.1) is 0 Å². The average Bonchev–Trinajstić information content (AvgIpc) is 3.50. The summed E-state index contributed by atoms with van der Waals surface area (Å²) in [4.78, 5) is 12.8. The van der Waals surface area contributed by atoms with E-state index in [1.165, 1.54) is 0 Å². The third-order valence-corrected chi connectivity index (χ3v) is 6.25. The molecule has 1 aromatic heterocycles. The molecule has 1 heterocycles. The number of aromatic nitrogens is 2. The summed E-state index contributed by atoms with van der Waals surface area (Å²) in [5.74, 6) is 2.13. The summed E-state index contributed by atoms with van der Waals surface area (Å²) >= 11 is 0. The van der Waals surface area contributed by atoms with E-state index < -0.39 is 0 Å². The lowest BCUT2D eigenvalue weighted by Gasteiger charge is -2.25. The van der Waals surface area contributed by atoms with E-state index in [9.17, 15) is 10.1 Å². The first-order chi connectivity index (χ1) is 14.7. The molecule has 6 heteroatoms. The molecule has 150 valence electrons. The number of hydrogen-bond acceptors (Lipinski definition) is 4. The second kappa shape index (κ2) is 7.68. The molecule has 2 aromatic carbocycles. The topological polar surface area (TPSA) is 90.8 Å². The van der Waals surface area contributed by atoms with Gasteiger partial charge in [0.15, 0.2) is 0 Å². The number of hydrogen-bond donors (Lipinski definition) is 2. The zero-order chi connectivity index (χ0) is 20.5. The minimum absolute atomic E-state index is 0.0633. The predicted octanol–water partition coefficient (Wildman–Crippen LogP) is 4.54. The summed E-state index contributed by atoms with van der Waals surface area (Å²) in [6, 6.07) is 21.4. The van der Waals surface area contributed by atoms with Gasteiger partial charge in [-0.1, -0.05) is 30.3 Å². The first-order valence-electron chi connectivity index (χ1n) is 10.3. The molecule has 5 rings (SSSR count). The van der Waals surface area contributed by atoms with Crippen LogP contribution >= 0.6 is 0 Å². The van der Waals surface area contributed by atoms with Crippen LogP contribution in [0.25, 0.3) is 11.3 Å². The molecule has 2 fully saturated rings. The van der Waals surface area contributed by atoms with E-state index in [0.717, 1.165) is 30.6 Å². The molecule has 2 aliphatic carbocycles. The number of rotatable bonds is 5. The van der Waals surface area contributed by atoms with Crippen molar-refractivity contribution in [3.63, 3.8) is 0 Å². The average molecular weight is 398 g/mol. The number of ether oxygens (including phenoxy) is 1. The van der Waals surface area contributed by atoms with Crippen LogP contribution in [0, 0.1) is 29.1 Å². The summed E-state index contributed by atoms with van der Waals surface area (Å²) in [5.41, 5.74) is 1.87. The van der Waals surface area contributed by atoms with Crippen LogP contribution in [0.3, 0.4) is 0 Å². The van der Waals surface area contributed by atoms with Crippen LogP contribution < -0.4 is 10.1 Å². The maximum Gasteiger partial charge on any atom is 0.269 e. The number of carbonyl (C=O) groups excluding carboxylic acids is 1. The van der Waals surface area contributed by atoms with E-state index in [-0.39, 0.29) is 23.8 Å². The Kier molecular flexibility index (Phi) is 4.72. The number of aromatic amines is 1. The number of benzene rings is 2. The highest BCUT2D eigenvalue weighted by molar-refractivity contribution is 5.93. The monoisotopic (exact) mass is 398 g/mol. The van der Waals surface area contributed by atoms with E-state index in [4.69, 9.17) is 4.74 Å². The van der Waals surface area contributed by atoms with Crippen molar-refractivity contribution >= 4 is 5.91 Å². The maximum atomic E-state index is 12.8. The quantitative estimate of drug-likeness (QED) is 0.660. The van der Waals surface area contributed by atoms with Gasteiger partial charge in [-0.05, 0) is 61.4 Å². The third kappa shape index (κ3) is 3.43. The first-order valence-corrected chi connectivity index (χ1v) is 10.3. The normalized spacial score (nSPS) is 24.4. The van der Waals surface area contributed by atoms with Crippen molar-refractivity contribution in [3.8, 4) is 28.8 Å². The van der Waals surface area contributed by atoms with Crippen molar-refractivity contribution in [1.29, 1.82) is 5.26 Å². The van der Waals surface area contributed by atoms with Gasteiger partial charge in [-0.25, -0.2) is 0 Å². The number of H-pyrrole nitrogens is 1. The molecule has 2 N–H and O–H groups in total. The van der Waals surface area contributed by atoms with Gasteiger partial charge in [-0.2, -0.15) is 10.4 Å². The lowest BCUT2D eigenvalue weighted by atomic mass is 9.86. The first kappa shape index (κ1) is 18.4. The van der Waals surface area contributed by atoms with E-state index in [0.29, 0.717) is 23.1 Å². The Hall–Kier alpha value is -3.59. The molecule has 2 saturated carbocycles. The van der Waals surface area contributed by atoms with Crippen molar-refractivity contribution < 1.29 is 9.53 Å². The predicted molar refractivity (Wildman–Crippen MR) is 112 cm³/mol. The Morgan fingerprint density at radius 2 is 1.90 bits per heavy atom. The minimum Gasteiger partial charge on any atom is -0.457 e. The Morgan fingerprint density at radius 3 is 2.70 bits per heavy atom. The molecule has 0 spiro atoms. The molecule has 2 aliphatic rings. The van der Waals surface area contributed by atoms with Crippen molar-refractivity contribution in [1.82, 2.24) is 15.5 Å². The van der Waals surface area contributed by atoms with Gasteiger partial charge in [0, 0.05) is 11.6 Å². The van der Waals surface area contributed by atoms with Crippen molar-refractivity contribution in [3.05, 3.63) is 66.4 Å². The highest BCUT2D eigenvalue weighted by Crippen LogP contribution is 2.48. The number of para-hydroxylation sites is 2. The number of nitriles is 1. The molecule has 0 radical (unpaired) electrons. The molecule has 6 nitrogen and oxygen atoms in total. The van der Waals surface area contributed by atoms with Crippen LogP contribution in [-0.4, -0.2) is 22.1 Å². The van der Waals surface area contributed by atoms with Crippen LogP contribution in [0.2, 0.25) is 0 Å².